The Hall–Kier alpha value is -2.89. The number of fused-ring (bicyclic) bond motifs is 1. The third kappa shape index (κ3) is 3.13. The van der Waals surface area contributed by atoms with Crippen molar-refractivity contribution >= 4 is 29.0 Å². The van der Waals surface area contributed by atoms with Gasteiger partial charge in [-0.05, 0) is 42.8 Å². The number of amides is 1. The number of carbonyl (C=O) groups excluding carboxylic acids is 2. The highest BCUT2D eigenvalue weighted by molar-refractivity contribution is 6.30. The molecule has 142 valence electrons. The highest BCUT2D eigenvalue weighted by Crippen LogP contribution is 2.43. The van der Waals surface area contributed by atoms with E-state index < -0.39 is 17.3 Å². The molecular weight excluding hydrogens is 378 g/mol. The molecule has 1 aliphatic heterocycles. The number of halogens is 1. The number of para-hydroxylation sites is 1. The van der Waals surface area contributed by atoms with Gasteiger partial charge in [-0.3, -0.25) is 9.59 Å². The van der Waals surface area contributed by atoms with Crippen molar-refractivity contribution in [2.24, 2.45) is 0 Å². The number of aliphatic hydroxyl groups is 1. The Kier molecular flexibility index (Phi) is 4.57. The lowest BCUT2D eigenvalue weighted by Gasteiger charge is -2.22. The number of nitrogens with zero attached hydrogens (tertiary/aromatic N) is 1. The summed E-state index contributed by atoms with van der Waals surface area (Å²) in [6.45, 7) is 2.00. The second-order valence-corrected chi connectivity index (χ2v) is 7.34. The molecule has 0 aliphatic carbocycles. The molecule has 1 atom stereocenters. The lowest BCUT2D eigenvalue weighted by atomic mass is 9.89. The molecule has 1 aliphatic rings. The van der Waals surface area contributed by atoms with Gasteiger partial charge in [0.2, 0.25) is 5.78 Å². The Balaban J connectivity index is 1.67. The first kappa shape index (κ1) is 18.5. The van der Waals surface area contributed by atoms with Gasteiger partial charge in [0, 0.05) is 10.6 Å². The van der Waals surface area contributed by atoms with Gasteiger partial charge < -0.3 is 14.4 Å². The maximum absolute atomic E-state index is 13.2. The van der Waals surface area contributed by atoms with Gasteiger partial charge in [-0.1, -0.05) is 41.9 Å². The van der Waals surface area contributed by atoms with Crippen LogP contribution in [0.15, 0.2) is 65.1 Å². The van der Waals surface area contributed by atoms with Gasteiger partial charge in [0.25, 0.3) is 5.91 Å². The van der Waals surface area contributed by atoms with Crippen LogP contribution in [0, 0.1) is 6.92 Å². The zero-order valence-electron chi connectivity index (χ0n) is 15.2. The highest BCUT2D eigenvalue weighted by Gasteiger charge is 2.51. The number of Topliss-reactive ketones (excluding diaryl/α,β-unsaturated/α-hetero) is 1. The largest absolute Gasteiger partial charge is 0.458 e. The predicted molar refractivity (Wildman–Crippen MR) is 105 cm³/mol. The lowest BCUT2D eigenvalue weighted by molar-refractivity contribution is -0.136. The van der Waals surface area contributed by atoms with Crippen LogP contribution in [0.2, 0.25) is 5.02 Å². The smallest absolute Gasteiger partial charge is 0.264 e. The van der Waals surface area contributed by atoms with Gasteiger partial charge in [0.05, 0.1) is 18.7 Å². The molecule has 2 heterocycles. The van der Waals surface area contributed by atoms with E-state index in [1.54, 1.807) is 55.5 Å². The molecule has 2 aromatic carbocycles. The minimum absolute atomic E-state index is 0.132. The first-order valence-corrected chi connectivity index (χ1v) is 9.24. The molecule has 6 heteroatoms. The summed E-state index contributed by atoms with van der Waals surface area (Å²) in [6, 6.07) is 17.4. The third-order valence-corrected chi connectivity index (χ3v) is 5.18. The average Bonchev–Trinajstić information content (AvgIpc) is 3.20. The number of anilines is 1. The number of aryl methyl sites for hydroxylation is 1. The topological polar surface area (TPSA) is 70.8 Å². The van der Waals surface area contributed by atoms with Crippen molar-refractivity contribution in [3.8, 4) is 0 Å². The molecule has 0 fully saturated rings. The molecule has 0 radical (unpaired) electrons. The number of hydrogen-bond donors (Lipinski definition) is 1. The van der Waals surface area contributed by atoms with Crippen LogP contribution >= 0.6 is 11.6 Å². The van der Waals surface area contributed by atoms with E-state index in [0.29, 0.717) is 22.0 Å². The fraction of sp³-hybridized carbons (Fsp3) is 0.182. The third-order valence-electron chi connectivity index (χ3n) is 4.92. The molecular formula is C22H18ClNO4. The Morgan fingerprint density at radius 3 is 2.50 bits per heavy atom. The molecule has 0 spiro atoms. The molecule has 4 rings (SSSR count). The van der Waals surface area contributed by atoms with Crippen molar-refractivity contribution < 1.29 is 19.1 Å². The fourth-order valence-corrected chi connectivity index (χ4v) is 3.64. The summed E-state index contributed by atoms with van der Waals surface area (Å²) in [6.07, 6.45) is -0.382. The standard InChI is InChI=1S/C22H18ClNO4/c1-14-6-11-20(28-14)19(25)12-22(27)17-4-2-3-5-18(17)24(21(22)26)13-15-7-9-16(23)10-8-15/h2-11,27H,12-13H2,1H3/t22-/m1/s1. The van der Waals surface area contributed by atoms with Crippen LogP contribution in [0.4, 0.5) is 5.69 Å². The van der Waals surface area contributed by atoms with Crippen LogP contribution < -0.4 is 4.90 Å². The van der Waals surface area contributed by atoms with Crippen LogP contribution in [0.1, 0.15) is 33.9 Å². The van der Waals surface area contributed by atoms with Crippen molar-refractivity contribution in [2.75, 3.05) is 4.90 Å². The van der Waals surface area contributed by atoms with Gasteiger partial charge in [-0.2, -0.15) is 0 Å². The van der Waals surface area contributed by atoms with Crippen LogP contribution in [0.25, 0.3) is 0 Å². The normalized spacial score (nSPS) is 18.4. The highest BCUT2D eigenvalue weighted by atomic mass is 35.5. The minimum atomic E-state index is -1.93. The van der Waals surface area contributed by atoms with E-state index in [-0.39, 0.29) is 18.7 Å². The van der Waals surface area contributed by atoms with Crippen molar-refractivity contribution in [1.29, 1.82) is 0 Å². The quantitative estimate of drug-likeness (QED) is 0.655. The van der Waals surface area contributed by atoms with E-state index in [0.717, 1.165) is 5.56 Å². The molecule has 0 saturated heterocycles. The van der Waals surface area contributed by atoms with E-state index in [4.69, 9.17) is 16.0 Å². The molecule has 1 aromatic heterocycles. The average molecular weight is 396 g/mol. The lowest BCUT2D eigenvalue weighted by Crippen LogP contribution is -2.41. The zero-order valence-corrected chi connectivity index (χ0v) is 15.9. The first-order chi connectivity index (χ1) is 13.4. The molecule has 0 saturated carbocycles. The Morgan fingerprint density at radius 2 is 1.82 bits per heavy atom. The van der Waals surface area contributed by atoms with E-state index >= 15 is 0 Å². The summed E-state index contributed by atoms with van der Waals surface area (Å²) in [5.74, 6) is -0.224. The Bertz CT molecular complexity index is 1060. The van der Waals surface area contributed by atoms with Crippen molar-refractivity contribution in [1.82, 2.24) is 0 Å². The second-order valence-electron chi connectivity index (χ2n) is 6.91. The summed E-state index contributed by atoms with van der Waals surface area (Å²) in [5.41, 5.74) is -0.0513. The van der Waals surface area contributed by atoms with E-state index in [2.05, 4.69) is 0 Å². The van der Waals surface area contributed by atoms with E-state index in [1.807, 2.05) is 12.1 Å². The second kappa shape index (κ2) is 6.93. The minimum Gasteiger partial charge on any atom is -0.458 e. The number of carbonyl (C=O) groups is 2. The van der Waals surface area contributed by atoms with E-state index in [1.165, 1.54) is 4.90 Å². The summed E-state index contributed by atoms with van der Waals surface area (Å²) in [4.78, 5) is 27.3. The fourth-order valence-electron chi connectivity index (χ4n) is 3.51. The number of furan rings is 1. The number of ketones is 1. The van der Waals surface area contributed by atoms with Crippen LogP contribution in [-0.4, -0.2) is 16.8 Å². The van der Waals surface area contributed by atoms with Gasteiger partial charge in [0.1, 0.15) is 5.76 Å². The van der Waals surface area contributed by atoms with Crippen LogP contribution in [0.3, 0.4) is 0 Å². The Labute approximate surface area is 167 Å². The molecule has 28 heavy (non-hydrogen) atoms. The molecule has 1 amide bonds. The number of hydrogen-bond acceptors (Lipinski definition) is 4. The van der Waals surface area contributed by atoms with Gasteiger partial charge in [-0.15, -0.1) is 0 Å². The molecule has 3 aromatic rings. The van der Waals surface area contributed by atoms with Crippen molar-refractivity contribution in [3.05, 3.63) is 88.3 Å². The maximum atomic E-state index is 13.2. The van der Waals surface area contributed by atoms with Gasteiger partial charge in [-0.25, -0.2) is 0 Å². The van der Waals surface area contributed by atoms with Crippen molar-refractivity contribution in [3.63, 3.8) is 0 Å². The Morgan fingerprint density at radius 1 is 1.11 bits per heavy atom. The summed E-state index contributed by atoms with van der Waals surface area (Å²) < 4.78 is 5.36. The zero-order chi connectivity index (χ0) is 19.9. The molecule has 1 N–H and O–H groups in total. The number of benzene rings is 2. The number of rotatable bonds is 5. The maximum Gasteiger partial charge on any atom is 0.264 e. The summed E-state index contributed by atoms with van der Waals surface area (Å²) >= 11 is 5.93. The summed E-state index contributed by atoms with van der Waals surface area (Å²) in [5, 5.41) is 11.9. The SMILES string of the molecule is Cc1ccc(C(=O)C[C@]2(O)C(=O)N(Cc3ccc(Cl)cc3)c3ccccc32)o1. The van der Waals surface area contributed by atoms with Crippen LogP contribution in [-0.2, 0) is 16.9 Å². The molecule has 0 bridgehead atoms. The predicted octanol–water partition coefficient (Wildman–Crippen LogP) is 4.25. The summed E-state index contributed by atoms with van der Waals surface area (Å²) in [7, 11) is 0. The van der Waals surface area contributed by atoms with Crippen molar-refractivity contribution in [2.45, 2.75) is 25.5 Å². The first-order valence-electron chi connectivity index (χ1n) is 8.86. The van der Waals surface area contributed by atoms with Gasteiger partial charge >= 0.3 is 0 Å². The van der Waals surface area contributed by atoms with Crippen LogP contribution in [0.5, 0.6) is 0 Å². The monoisotopic (exact) mass is 395 g/mol. The molecule has 0 unspecified atom stereocenters. The van der Waals surface area contributed by atoms with E-state index in [9.17, 15) is 14.7 Å². The molecule has 5 nitrogen and oxygen atoms in total. The van der Waals surface area contributed by atoms with Gasteiger partial charge in [0.15, 0.2) is 11.4 Å².